The van der Waals surface area contributed by atoms with E-state index in [1.165, 1.54) is 6.92 Å². The molecule has 0 amide bonds. The van der Waals surface area contributed by atoms with Crippen molar-refractivity contribution in [2.24, 2.45) is 0 Å². The van der Waals surface area contributed by atoms with Crippen molar-refractivity contribution >= 4 is 11.9 Å². The zero-order valence-electron chi connectivity index (χ0n) is 9.34. The molecule has 4 heteroatoms. The highest BCUT2D eigenvalue weighted by molar-refractivity contribution is 6.09. The fourth-order valence-electron chi connectivity index (χ4n) is 0.677. The number of ether oxygens (including phenoxy) is 2. The Morgan fingerprint density at radius 3 is 2.00 bits per heavy atom. The molecule has 0 spiro atoms. The molecule has 0 fully saturated rings. The van der Waals surface area contributed by atoms with Gasteiger partial charge in [-0.3, -0.25) is 9.59 Å². The first-order valence-corrected chi connectivity index (χ1v) is 4.52. The van der Waals surface area contributed by atoms with E-state index in [2.05, 4.69) is 4.74 Å². The average Bonchev–Trinajstić information content (AvgIpc) is 2.00. The second kappa shape index (κ2) is 4.98. The molecular weight excluding hydrogens is 184 g/mol. The Morgan fingerprint density at radius 2 is 1.64 bits per heavy atom. The largest absolute Gasteiger partial charge is 0.465 e. The molecule has 1 radical (unpaired) electrons. The minimum Gasteiger partial charge on any atom is -0.465 e. The average molecular weight is 201 g/mol. The summed E-state index contributed by atoms with van der Waals surface area (Å²) in [5.74, 6) is -1.28. The second-order valence-corrected chi connectivity index (χ2v) is 3.85. The van der Waals surface area contributed by atoms with Gasteiger partial charge in [0.1, 0.15) is 5.60 Å². The second-order valence-electron chi connectivity index (χ2n) is 3.85. The van der Waals surface area contributed by atoms with Crippen molar-refractivity contribution in [3.05, 3.63) is 5.92 Å². The molecule has 0 aromatic carbocycles. The normalized spacial score (nSPS) is 11.3. The Kier molecular flexibility index (Phi) is 4.60. The van der Waals surface area contributed by atoms with Crippen LogP contribution in [0.4, 0.5) is 0 Å². The van der Waals surface area contributed by atoms with Gasteiger partial charge in [0.05, 0.1) is 6.61 Å². The van der Waals surface area contributed by atoms with Gasteiger partial charge in [0.25, 0.3) is 0 Å². The van der Waals surface area contributed by atoms with E-state index in [9.17, 15) is 9.59 Å². The van der Waals surface area contributed by atoms with Crippen LogP contribution in [0.25, 0.3) is 0 Å². The van der Waals surface area contributed by atoms with Gasteiger partial charge in [-0.1, -0.05) is 0 Å². The molecule has 0 bridgehead atoms. The molecule has 0 saturated carbocycles. The summed E-state index contributed by atoms with van der Waals surface area (Å²) in [6.45, 7) is 8.54. The lowest BCUT2D eigenvalue weighted by atomic mass is 10.1. The molecule has 0 N–H and O–H groups in total. The van der Waals surface area contributed by atoms with Gasteiger partial charge < -0.3 is 9.47 Å². The molecule has 14 heavy (non-hydrogen) atoms. The van der Waals surface area contributed by atoms with E-state index in [0.29, 0.717) is 0 Å². The summed E-state index contributed by atoms with van der Waals surface area (Å²) < 4.78 is 9.65. The molecule has 0 unspecified atom stereocenters. The smallest absolute Gasteiger partial charge is 0.325 e. The number of rotatable bonds is 3. The maximum atomic E-state index is 11.3. The summed E-state index contributed by atoms with van der Waals surface area (Å²) >= 11 is 0. The highest BCUT2D eigenvalue weighted by atomic mass is 16.6. The molecule has 0 aromatic heterocycles. The van der Waals surface area contributed by atoms with E-state index in [4.69, 9.17) is 4.74 Å². The maximum Gasteiger partial charge on any atom is 0.325 e. The van der Waals surface area contributed by atoms with E-state index < -0.39 is 17.5 Å². The van der Waals surface area contributed by atoms with E-state index >= 15 is 0 Å². The zero-order chi connectivity index (χ0) is 11.4. The van der Waals surface area contributed by atoms with E-state index in [1.54, 1.807) is 27.7 Å². The zero-order valence-corrected chi connectivity index (χ0v) is 9.34. The van der Waals surface area contributed by atoms with Crippen molar-refractivity contribution in [1.29, 1.82) is 0 Å². The monoisotopic (exact) mass is 201 g/mol. The van der Waals surface area contributed by atoms with Gasteiger partial charge in [0, 0.05) is 0 Å². The van der Waals surface area contributed by atoms with Crippen molar-refractivity contribution in [1.82, 2.24) is 0 Å². The Bertz CT molecular complexity index is 215. The topological polar surface area (TPSA) is 52.6 Å². The van der Waals surface area contributed by atoms with Gasteiger partial charge in [-0.15, -0.1) is 0 Å². The van der Waals surface area contributed by atoms with Crippen molar-refractivity contribution < 1.29 is 19.1 Å². The molecule has 0 aliphatic heterocycles. The van der Waals surface area contributed by atoms with Crippen LogP contribution >= 0.6 is 0 Å². The van der Waals surface area contributed by atoms with Crippen molar-refractivity contribution in [3.8, 4) is 0 Å². The summed E-state index contributed by atoms with van der Waals surface area (Å²) in [6, 6.07) is 0. The first-order chi connectivity index (χ1) is 6.28. The van der Waals surface area contributed by atoms with Gasteiger partial charge in [-0.05, 0) is 34.6 Å². The van der Waals surface area contributed by atoms with Crippen LogP contribution in [-0.4, -0.2) is 24.1 Å². The molecule has 0 atom stereocenters. The predicted molar refractivity (Wildman–Crippen MR) is 51.4 cm³/mol. The van der Waals surface area contributed by atoms with Crippen LogP contribution in [-0.2, 0) is 19.1 Å². The third kappa shape index (κ3) is 4.84. The third-order valence-electron chi connectivity index (χ3n) is 1.29. The van der Waals surface area contributed by atoms with Gasteiger partial charge in [0.2, 0.25) is 0 Å². The fraction of sp³-hybridized carbons (Fsp3) is 0.700. The summed E-state index contributed by atoms with van der Waals surface area (Å²) in [6.07, 6.45) is 0. The van der Waals surface area contributed by atoms with Crippen LogP contribution in [0, 0.1) is 5.92 Å². The Hall–Kier alpha value is -1.06. The van der Waals surface area contributed by atoms with Crippen molar-refractivity contribution in [2.75, 3.05) is 6.61 Å². The first kappa shape index (κ1) is 12.9. The molecule has 81 valence electrons. The third-order valence-corrected chi connectivity index (χ3v) is 1.29. The Balaban J connectivity index is 4.19. The fourth-order valence-corrected chi connectivity index (χ4v) is 0.677. The molecule has 0 rings (SSSR count). The lowest BCUT2D eigenvalue weighted by Crippen LogP contribution is -2.30. The van der Waals surface area contributed by atoms with Crippen LogP contribution in [0.3, 0.4) is 0 Å². The van der Waals surface area contributed by atoms with Crippen LogP contribution < -0.4 is 0 Å². The lowest BCUT2D eigenvalue weighted by molar-refractivity contribution is -0.157. The predicted octanol–water partition coefficient (Wildman–Crippen LogP) is 1.49. The lowest BCUT2D eigenvalue weighted by Gasteiger charge is -2.21. The van der Waals surface area contributed by atoms with Crippen LogP contribution in [0.15, 0.2) is 0 Å². The number of carbonyl (C=O) groups is 2. The van der Waals surface area contributed by atoms with Gasteiger partial charge >= 0.3 is 11.9 Å². The first-order valence-electron chi connectivity index (χ1n) is 4.52. The summed E-state index contributed by atoms with van der Waals surface area (Å²) in [5.41, 5.74) is -0.592. The molecule has 0 heterocycles. The molecule has 0 aromatic rings. The Morgan fingerprint density at radius 1 is 1.14 bits per heavy atom. The molecular formula is C10H17O4. The summed E-state index contributed by atoms with van der Waals surface area (Å²) in [7, 11) is 0. The number of carbonyl (C=O) groups excluding carboxylic acids is 2. The highest BCUT2D eigenvalue weighted by Crippen LogP contribution is 2.13. The highest BCUT2D eigenvalue weighted by Gasteiger charge is 2.29. The number of esters is 2. The van der Waals surface area contributed by atoms with Crippen LogP contribution in [0.5, 0.6) is 0 Å². The minimum absolute atomic E-state index is 0.0261. The van der Waals surface area contributed by atoms with E-state index in [-0.39, 0.29) is 12.5 Å². The number of hydrogen-bond acceptors (Lipinski definition) is 4. The SMILES string of the molecule is CCOC(=O)[C](C)C(=O)OC(C)(C)C. The van der Waals surface area contributed by atoms with E-state index in [1.807, 2.05) is 0 Å². The summed E-state index contributed by atoms with van der Waals surface area (Å²) in [5, 5.41) is 0. The van der Waals surface area contributed by atoms with Crippen molar-refractivity contribution in [3.63, 3.8) is 0 Å². The minimum atomic E-state index is -0.629. The number of hydrogen-bond donors (Lipinski definition) is 0. The molecule has 0 aliphatic rings. The van der Waals surface area contributed by atoms with Gasteiger partial charge in [-0.2, -0.15) is 0 Å². The van der Waals surface area contributed by atoms with Gasteiger partial charge in [0.15, 0.2) is 5.92 Å². The molecule has 0 saturated heterocycles. The van der Waals surface area contributed by atoms with Crippen LogP contribution in [0.1, 0.15) is 34.6 Å². The Labute approximate surface area is 84.6 Å². The van der Waals surface area contributed by atoms with E-state index in [0.717, 1.165) is 0 Å². The van der Waals surface area contributed by atoms with Crippen molar-refractivity contribution in [2.45, 2.75) is 40.2 Å². The molecule has 4 nitrogen and oxygen atoms in total. The summed E-state index contributed by atoms with van der Waals surface area (Å²) in [4.78, 5) is 22.4. The van der Waals surface area contributed by atoms with Crippen LogP contribution in [0.2, 0.25) is 0 Å². The maximum absolute atomic E-state index is 11.3. The standard InChI is InChI=1S/C10H17O4/c1-6-13-8(11)7(2)9(12)14-10(3,4)5/h6H2,1-5H3. The molecule has 0 aliphatic carbocycles. The van der Waals surface area contributed by atoms with Gasteiger partial charge in [-0.25, -0.2) is 0 Å². The quantitative estimate of drug-likeness (QED) is 0.512.